The smallest absolute Gasteiger partial charge is 0.315 e. The highest BCUT2D eigenvalue weighted by Gasteiger charge is 2.22. The average Bonchev–Trinajstić information content (AvgIpc) is 2.78. The van der Waals surface area contributed by atoms with Crippen molar-refractivity contribution in [1.82, 2.24) is 10.6 Å². The van der Waals surface area contributed by atoms with Crippen LogP contribution in [0.15, 0.2) is 24.3 Å². The van der Waals surface area contributed by atoms with Crippen LogP contribution in [-0.2, 0) is 11.2 Å². The van der Waals surface area contributed by atoms with Gasteiger partial charge < -0.3 is 16.4 Å². The minimum absolute atomic E-state index is 0.0901. The molecule has 0 saturated heterocycles. The van der Waals surface area contributed by atoms with Gasteiger partial charge in [0.25, 0.3) is 0 Å². The summed E-state index contributed by atoms with van der Waals surface area (Å²) in [6, 6.07) is 8.06. The van der Waals surface area contributed by atoms with E-state index in [9.17, 15) is 9.59 Å². The normalized spacial score (nSPS) is 16.7. The number of benzene rings is 1. The number of nitrogens with one attached hydrogen (secondary N) is 2. The first kappa shape index (κ1) is 13.4. The molecular weight excluding hydrogens is 242 g/mol. The van der Waals surface area contributed by atoms with Gasteiger partial charge in [-0.25, -0.2) is 4.79 Å². The molecule has 0 aromatic heterocycles. The van der Waals surface area contributed by atoms with E-state index in [1.165, 1.54) is 11.1 Å². The lowest BCUT2D eigenvalue weighted by atomic mass is 10.1. The molecule has 3 amide bonds. The van der Waals surface area contributed by atoms with Crippen molar-refractivity contribution in [2.24, 2.45) is 5.73 Å². The maximum absolute atomic E-state index is 11.7. The number of carbonyl (C=O) groups is 2. The van der Waals surface area contributed by atoms with Gasteiger partial charge in [-0.3, -0.25) is 4.79 Å². The molecule has 1 aromatic carbocycles. The summed E-state index contributed by atoms with van der Waals surface area (Å²) in [5, 5.41) is 5.69. The van der Waals surface area contributed by atoms with E-state index < -0.39 is 0 Å². The number of fused-ring (bicyclic) bond motifs is 1. The van der Waals surface area contributed by atoms with Crippen LogP contribution < -0.4 is 16.4 Å². The topological polar surface area (TPSA) is 84.2 Å². The molecular formula is C14H19N3O2. The summed E-state index contributed by atoms with van der Waals surface area (Å²) in [6.07, 6.45) is 2.81. The fourth-order valence-electron chi connectivity index (χ4n) is 2.38. The van der Waals surface area contributed by atoms with Crippen LogP contribution in [0.25, 0.3) is 0 Å². The minimum atomic E-state index is -0.341. The molecule has 0 radical (unpaired) electrons. The monoisotopic (exact) mass is 261 g/mol. The summed E-state index contributed by atoms with van der Waals surface area (Å²) in [5.41, 5.74) is 7.54. The molecule has 19 heavy (non-hydrogen) atoms. The zero-order chi connectivity index (χ0) is 13.7. The third-order valence-electron chi connectivity index (χ3n) is 3.32. The second kappa shape index (κ2) is 6.22. The van der Waals surface area contributed by atoms with E-state index >= 15 is 0 Å². The van der Waals surface area contributed by atoms with Crippen LogP contribution in [0.2, 0.25) is 0 Å². The summed E-state index contributed by atoms with van der Waals surface area (Å²) in [5.74, 6) is -0.341. The number of nitrogens with two attached hydrogens (primary N) is 1. The fourth-order valence-corrected chi connectivity index (χ4v) is 2.38. The lowest BCUT2D eigenvalue weighted by molar-refractivity contribution is -0.118. The number of urea groups is 1. The van der Waals surface area contributed by atoms with Gasteiger partial charge in [0.15, 0.2) is 0 Å². The van der Waals surface area contributed by atoms with E-state index in [2.05, 4.69) is 22.8 Å². The molecule has 0 fully saturated rings. The summed E-state index contributed by atoms with van der Waals surface area (Å²) in [4.78, 5) is 22.3. The lowest BCUT2D eigenvalue weighted by Gasteiger charge is -2.14. The Balaban J connectivity index is 1.76. The SMILES string of the molecule is NC(=O)CCCNC(=O)N[C@@H]1CCc2ccccc21. The van der Waals surface area contributed by atoms with Crippen molar-refractivity contribution < 1.29 is 9.59 Å². The Morgan fingerprint density at radius 2 is 2.11 bits per heavy atom. The molecule has 1 aliphatic rings. The van der Waals surface area contributed by atoms with Gasteiger partial charge in [-0.1, -0.05) is 24.3 Å². The zero-order valence-corrected chi connectivity index (χ0v) is 10.8. The van der Waals surface area contributed by atoms with Gasteiger partial charge in [-0.05, 0) is 30.4 Å². The van der Waals surface area contributed by atoms with E-state index in [1.807, 2.05) is 12.1 Å². The standard InChI is InChI=1S/C14H19N3O2/c15-13(18)6-3-9-16-14(19)17-12-8-7-10-4-1-2-5-11(10)12/h1-2,4-5,12H,3,6-9H2,(H2,15,18)(H2,16,17,19)/t12-/m1/s1. The first-order chi connectivity index (χ1) is 9.16. The van der Waals surface area contributed by atoms with Crippen molar-refractivity contribution in [2.45, 2.75) is 31.7 Å². The van der Waals surface area contributed by atoms with Crippen LogP contribution in [0.4, 0.5) is 4.79 Å². The number of rotatable bonds is 5. The van der Waals surface area contributed by atoms with Crippen LogP contribution in [0.3, 0.4) is 0 Å². The Labute approximate surface area is 112 Å². The summed E-state index contributed by atoms with van der Waals surface area (Å²) < 4.78 is 0. The van der Waals surface area contributed by atoms with Crippen LogP contribution >= 0.6 is 0 Å². The molecule has 0 heterocycles. The van der Waals surface area contributed by atoms with Gasteiger partial charge in [-0.15, -0.1) is 0 Å². The van der Waals surface area contributed by atoms with Gasteiger partial charge in [0.2, 0.25) is 5.91 Å². The Bertz CT molecular complexity index is 474. The highest BCUT2D eigenvalue weighted by molar-refractivity contribution is 5.75. The molecule has 102 valence electrons. The number of carbonyl (C=O) groups excluding carboxylic acids is 2. The Hall–Kier alpha value is -2.04. The third kappa shape index (κ3) is 3.71. The molecule has 2 rings (SSSR count). The van der Waals surface area contributed by atoms with Crippen LogP contribution in [-0.4, -0.2) is 18.5 Å². The maximum atomic E-state index is 11.7. The molecule has 1 aliphatic carbocycles. The van der Waals surface area contributed by atoms with Crippen molar-refractivity contribution >= 4 is 11.9 Å². The van der Waals surface area contributed by atoms with E-state index in [0.717, 1.165) is 12.8 Å². The molecule has 5 nitrogen and oxygen atoms in total. The average molecular weight is 261 g/mol. The van der Waals surface area contributed by atoms with Crippen molar-refractivity contribution in [1.29, 1.82) is 0 Å². The molecule has 5 heteroatoms. The molecule has 0 unspecified atom stereocenters. The number of primary amides is 1. The van der Waals surface area contributed by atoms with Crippen molar-refractivity contribution in [3.63, 3.8) is 0 Å². The Morgan fingerprint density at radius 1 is 1.32 bits per heavy atom. The van der Waals surface area contributed by atoms with Crippen LogP contribution in [0, 0.1) is 0 Å². The minimum Gasteiger partial charge on any atom is -0.370 e. The number of amides is 3. The molecule has 0 bridgehead atoms. The van der Waals surface area contributed by atoms with Gasteiger partial charge in [0.05, 0.1) is 6.04 Å². The maximum Gasteiger partial charge on any atom is 0.315 e. The van der Waals surface area contributed by atoms with Gasteiger partial charge in [0.1, 0.15) is 0 Å². The molecule has 0 aliphatic heterocycles. The highest BCUT2D eigenvalue weighted by Crippen LogP contribution is 2.30. The number of hydrogen-bond acceptors (Lipinski definition) is 2. The summed E-state index contributed by atoms with van der Waals surface area (Å²) in [6.45, 7) is 0.461. The van der Waals surface area contributed by atoms with Crippen molar-refractivity contribution in [3.05, 3.63) is 35.4 Å². The van der Waals surface area contributed by atoms with Gasteiger partial charge in [-0.2, -0.15) is 0 Å². The Kier molecular flexibility index (Phi) is 4.39. The quantitative estimate of drug-likeness (QED) is 0.697. The Morgan fingerprint density at radius 3 is 2.89 bits per heavy atom. The zero-order valence-electron chi connectivity index (χ0n) is 10.8. The second-order valence-corrected chi connectivity index (χ2v) is 4.76. The van der Waals surface area contributed by atoms with Gasteiger partial charge >= 0.3 is 6.03 Å². The van der Waals surface area contributed by atoms with Gasteiger partial charge in [0, 0.05) is 13.0 Å². The number of hydrogen-bond donors (Lipinski definition) is 3. The highest BCUT2D eigenvalue weighted by atomic mass is 16.2. The van der Waals surface area contributed by atoms with E-state index in [0.29, 0.717) is 19.4 Å². The lowest BCUT2D eigenvalue weighted by Crippen LogP contribution is -2.38. The molecule has 1 atom stereocenters. The predicted octanol–water partition coefficient (Wildman–Crippen LogP) is 1.24. The first-order valence-corrected chi connectivity index (χ1v) is 6.57. The largest absolute Gasteiger partial charge is 0.370 e. The van der Waals surface area contributed by atoms with Crippen molar-refractivity contribution in [2.75, 3.05) is 6.54 Å². The van der Waals surface area contributed by atoms with E-state index in [1.54, 1.807) is 0 Å². The van der Waals surface area contributed by atoms with Crippen molar-refractivity contribution in [3.8, 4) is 0 Å². The second-order valence-electron chi connectivity index (χ2n) is 4.76. The van der Waals surface area contributed by atoms with Crippen LogP contribution in [0.5, 0.6) is 0 Å². The summed E-state index contributed by atoms with van der Waals surface area (Å²) in [7, 11) is 0. The van der Waals surface area contributed by atoms with Crippen LogP contribution in [0.1, 0.15) is 36.4 Å². The third-order valence-corrected chi connectivity index (χ3v) is 3.32. The number of aryl methyl sites for hydroxylation is 1. The molecule has 1 aromatic rings. The fraction of sp³-hybridized carbons (Fsp3) is 0.429. The van der Waals surface area contributed by atoms with E-state index in [-0.39, 0.29) is 18.0 Å². The first-order valence-electron chi connectivity index (χ1n) is 6.57. The summed E-state index contributed by atoms with van der Waals surface area (Å²) >= 11 is 0. The molecule has 4 N–H and O–H groups in total. The predicted molar refractivity (Wildman–Crippen MR) is 72.5 cm³/mol. The molecule has 0 saturated carbocycles. The van der Waals surface area contributed by atoms with E-state index in [4.69, 9.17) is 5.73 Å². The molecule has 0 spiro atoms.